The molecule has 0 unspecified atom stereocenters. The summed E-state index contributed by atoms with van der Waals surface area (Å²) in [6.45, 7) is 6.03. The summed E-state index contributed by atoms with van der Waals surface area (Å²) in [6.07, 6.45) is 0. The van der Waals surface area contributed by atoms with Crippen LogP contribution in [0.3, 0.4) is 0 Å². The molecule has 1 aliphatic heterocycles. The molecule has 0 saturated carbocycles. The highest BCUT2D eigenvalue weighted by Gasteiger charge is 2.36. The summed E-state index contributed by atoms with van der Waals surface area (Å²) in [5.41, 5.74) is 4.47. The molecule has 0 fully saturated rings. The van der Waals surface area contributed by atoms with Crippen molar-refractivity contribution in [3.8, 4) is 5.75 Å². The van der Waals surface area contributed by atoms with Gasteiger partial charge in [0.15, 0.2) is 0 Å². The molecule has 2 aromatic carbocycles. The predicted octanol–water partition coefficient (Wildman–Crippen LogP) is 4.74. The number of fused-ring (bicyclic) bond motifs is 1. The van der Waals surface area contributed by atoms with Crippen LogP contribution in [0.5, 0.6) is 5.75 Å². The van der Waals surface area contributed by atoms with Crippen LogP contribution in [0.2, 0.25) is 0 Å². The summed E-state index contributed by atoms with van der Waals surface area (Å²) >= 11 is 1.56. The van der Waals surface area contributed by atoms with E-state index in [1.807, 2.05) is 43.3 Å². The van der Waals surface area contributed by atoms with Gasteiger partial charge in [-0.1, -0.05) is 54.2 Å². The third kappa shape index (κ3) is 4.23. The van der Waals surface area contributed by atoms with E-state index in [-0.39, 0.29) is 12.6 Å². The Labute approximate surface area is 191 Å². The first kappa shape index (κ1) is 22.0. The van der Waals surface area contributed by atoms with Crippen LogP contribution in [0.1, 0.15) is 36.6 Å². The fourth-order valence-electron chi connectivity index (χ4n) is 3.76. The van der Waals surface area contributed by atoms with Gasteiger partial charge in [0.1, 0.15) is 11.8 Å². The van der Waals surface area contributed by atoms with Gasteiger partial charge in [0.25, 0.3) is 0 Å². The van der Waals surface area contributed by atoms with Crippen LogP contribution < -0.4 is 10.1 Å². The maximum Gasteiger partial charge on any atom is 0.338 e. The molecule has 0 saturated heterocycles. The minimum absolute atomic E-state index is 0.288. The van der Waals surface area contributed by atoms with Crippen molar-refractivity contribution in [2.24, 2.45) is 0 Å². The lowest BCUT2D eigenvalue weighted by Gasteiger charge is -2.28. The molecule has 4 rings (SSSR count). The first-order chi connectivity index (χ1) is 15.5. The van der Waals surface area contributed by atoms with Gasteiger partial charge < -0.3 is 14.8 Å². The van der Waals surface area contributed by atoms with Crippen LogP contribution in [0.15, 0.2) is 65.0 Å². The van der Waals surface area contributed by atoms with Crippen molar-refractivity contribution in [3.05, 3.63) is 76.5 Å². The van der Waals surface area contributed by atoms with E-state index < -0.39 is 6.04 Å². The number of anilines is 1. The molecule has 7 nitrogen and oxygen atoms in total. The van der Waals surface area contributed by atoms with Gasteiger partial charge in [0.2, 0.25) is 11.1 Å². The largest absolute Gasteiger partial charge is 0.496 e. The summed E-state index contributed by atoms with van der Waals surface area (Å²) in [7, 11) is 1.62. The van der Waals surface area contributed by atoms with Crippen LogP contribution >= 0.6 is 11.8 Å². The van der Waals surface area contributed by atoms with E-state index in [1.54, 1.807) is 30.5 Å². The average Bonchev–Trinajstić information content (AvgIpc) is 3.20. The summed E-state index contributed by atoms with van der Waals surface area (Å²) in [6, 6.07) is 15.4. The van der Waals surface area contributed by atoms with Crippen LogP contribution in [0, 0.1) is 6.92 Å². The minimum atomic E-state index is -0.512. The Morgan fingerprint density at radius 3 is 2.66 bits per heavy atom. The van der Waals surface area contributed by atoms with Gasteiger partial charge in [-0.25, -0.2) is 9.48 Å². The van der Waals surface area contributed by atoms with Gasteiger partial charge in [0, 0.05) is 17.0 Å². The number of allylic oxidation sites excluding steroid dienone is 1. The number of carbonyl (C=O) groups excluding carboxylic acids is 1. The molecule has 0 aliphatic carbocycles. The number of nitrogens with one attached hydrogen (secondary N) is 1. The van der Waals surface area contributed by atoms with Crippen molar-refractivity contribution in [2.45, 2.75) is 37.7 Å². The van der Waals surface area contributed by atoms with Gasteiger partial charge in [-0.15, -0.1) is 5.10 Å². The number of rotatable bonds is 7. The summed E-state index contributed by atoms with van der Waals surface area (Å²) in [5.74, 6) is 1.62. The van der Waals surface area contributed by atoms with Gasteiger partial charge in [-0.3, -0.25) is 0 Å². The Morgan fingerprint density at radius 1 is 1.16 bits per heavy atom. The molecule has 1 aromatic heterocycles. The summed E-state index contributed by atoms with van der Waals surface area (Å²) in [5, 5.41) is 8.63. The van der Waals surface area contributed by atoms with E-state index in [1.165, 1.54) is 11.1 Å². The molecule has 1 N–H and O–H groups in total. The lowest BCUT2D eigenvalue weighted by atomic mass is 9.95. The van der Waals surface area contributed by atoms with E-state index in [0.29, 0.717) is 28.1 Å². The number of ether oxygens (including phenoxy) is 2. The van der Waals surface area contributed by atoms with Gasteiger partial charge in [-0.05, 0) is 38.0 Å². The van der Waals surface area contributed by atoms with Crippen LogP contribution in [-0.4, -0.2) is 34.5 Å². The fourth-order valence-corrected chi connectivity index (χ4v) is 4.67. The number of nitrogens with zero attached hydrogens (tertiary/aromatic N) is 3. The number of para-hydroxylation sites is 1. The second kappa shape index (κ2) is 9.48. The maximum atomic E-state index is 12.9. The van der Waals surface area contributed by atoms with Crippen molar-refractivity contribution in [3.63, 3.8) is 0 Å². The SMILES string of the molecule is CCOC(=O)C1=C(C)Nc2nc(SCc3ccccc3C)nn2[C@H]1c1ccccc1OC. The fraction of sp³-hybridized carbons (Fsp3) is 0.292. The van der Waals surface area contributed by atoms with Crippen molar-refractivity contribution < 1.29 is 14.3 Å². The quantitative estimate of drug-likeness (QED) is 0.411. The van der Waals surface area contributed by atoms with Crippen LogP contribution in [-0.2, 0) is 15.3 Å². The summed E-state index contributed by atoms with van der Waals surface area (Å²) < 4.78 is 12.7. The number of carbonyl (C=O) groups is 1. The molecular weight excluding hydrogens is 424 g/mol. The van der Waals surface area contributed by atoms with E-state index in [0.717, 1.165) is 11.3 Å². The number of aromatic nitrogens is 3. The molecule has 166 valence electrons. The number of thioether (sulfide) groups is 1. The summed E-state index contributed by atoms with van der Waals surface area (Å²) in [4.78, 5) is 17.6. The normalized spacial score (nSPS) is 15.2. The number of aryl methyl sites for hydroxylation is 1. The second-order valence-corrected chi connectivity index (χ2v) is 8.35. The zero-order valence-corrected chi connectivity index (χ0v) is 19.4. The molecule has 1 atom stereocenters. The van der Waals surface area contributed by atoms with Crippen LogP contribution in [0.25, 0.3) is 0 Å². The minimum Gasteiger partial charge on any atom is -0.496 e. The molecule has 8 heteroatoms. The highest BCUT2D eigenvalue weighted by molar-refractivity contribution is 7.98. The first-order valence-corrected chi connectivity index (χ1v) is 11.4. The highest BCUT2D eigenvalue weighted by Crippen LogP contribution is 2.40. The Kier molecular flexibility index (Phi) is 6.50. The zero-order valence-electron chi connectivity index (χ0n) is 18.6. The topological polar surface area (TPSA) is 78.3 Å². The molecule has 3 aromatic rings. The lowest BCUT2D eigenvalue weighted by molar-refractivity contribution is -0.139. The smallest absolute Gasteiger partial charge is 0.338 e. The number of hydrogen-bond acceptors (Lipinski definition) is 7. The average molecular weight is 451 g/mol. The molecule has 0 spiro atoms. The zero-order chi connectivity index (χ0) is 22.7. The van der Waals surface area contributed by atoms with Gasteiger partial charge in [-0.2, -0.15) is 4.98 Å². The first-order valence-electron chi connectivity index (χ1n) is 10.4. The Bertz CT molecular complexity index is 1170. The molecular formula is C24H26N4O3S. The van der Waals surface area contributed by atoms with E-state index in [9.17, 15) is 4.79 Å². The number of esters is 1. The Hall–Kier alpha value is -3.26. The van der Waals surface area contributed by atoms with Crippen molar-refractivity contribution >= 4 is 23.7 Å². The molecule has 0 radical (unpaired) electrons. The molecule has 0 amide bonds. The standard InChI is InChI=1S/C24H26N4O3S/c1-5-31-22(29)20-16(3)25-23-26-24(32-14-17-11-7-6-10-15(17)2)27-28(23)21(20)18-12-8-9-13-19(18)30-4/h6-13,21H,5,14H2,1-4H3,(H,25,26,27)/t21-/m0/s1. The van der Waals surface area contributed by atoms with Crippen molar-refractivity contribution in [2.75, 3.05) is 19.0 Å². The molecule has 1 aliphatic rings. The van der Waals surface area contributed by atoms with Crippen molar-refractivity contribution in [1.82, 2.24) is 14.8 Å². The van der Waals surface area contributed by atoms with Gasteiger partial charge in [0.05, 0.1) is 19.3 Å². The van der Waals surface area contributed by atoms with Gasteiger partial charge >= 0.3 is 5.97 Å². The Balaban J connectivity index is 1.74. The number of hydrogen-bond donors (Lipinski definition) is 1. The van der Waals surface area contributed by atoms with E-state index in [4.69, 9.17) is 19.6 Å². The second-order valence-electron chi connectivity index (χ2n) is 7.41. The highest BCUT2D eigenvalue weighted by atomic mass is 32.2. The molecule has 2 heterocycles. The molecule has 32 heavy (non-hydrogen) atoms. The van der Waals surface area contributed by atoms with Crippen molar-refractivity contribution in [1.29, 1.82) is 0 Å². The third-order valence-corrected chi connectivity index (χ3v) is 6.27. The third-order valence-electron chi connectivity index (χ3n) is 5.38. The number of methoxy groups -OCH3 is 1. The van der Waals surface area contributed by atoms with E-state index >= 15 is 0 Å². The predicted molar refractivity (Wildman–Crippen MR) is 125 cm³/mol. The Morgan fingerprint density at radius 2 is 1.91 bits per heavy atom. The lowest BCUT2D eigenvalue weighted by Crippen LogP contribution is -2.30. The van der Waals surface area contributed by atoms with E-state index in [2.05, 4.69) is 24.4 Å². The van der Waals surface area contributed by atoms with Crippen LogP contribution in [0.4, 0.5) is 5.95 Å². The molecule has 0 bridgehead atoms. The number of benzene rings is 2. The maximum absolute atomic E-state index is 12.9. The monoisotopic (exact) mass is 450 g/mol.